The summed E-state index contributed by atoms with van der Waals surface area (Å²) in [6, 6.07) is 10.9. The maximum absolute atomic E-state index is 12.7. The lowest BCUT2D eigenvalue weighted by Gasteiger charge is -2.17. The van der Waals surface area contributed by atoms with Crippen LogP contribution in [0.1, 0.15) is 43.0 Å². The van der Waals surface area contributed by atoms with Crippen molar-refractivity contribution in [2.75, 3.05) is 19.7 Å². The van der Waals surface area contributed by atoms with E-state index >= 15 is 0 Å². The number of amides is 1. The molecule has 0 saturated carbocycles. The predicted octanol–water partition coefficient (Wildman–Crippen LogP) is 3.34. The number of carbonyl (C=O) groups is 1. The minimum Gasteiger partial charge on any atom is -0.494 e. The molecule has 1 aromatic carbocycles. The monoisotopic (exact) mass is 355 g/mol. The zero-order valence-corrected chi connectivity index (χ0v) is 15.1. The van der Waals surface area contributed by atoms with Crippen molar-refractivity contribution in [3.05, 3.63) is 48.2 Å². The van der Waals surface area contributed by atoms with Crippen molar-refractivity contribution in [3.63, 3.8) is 0 Å². The Hall–Kier alpha value is -2.63. The van der Waals surface area contributed by atoms with Gasteiger partial charge in [0.05, 0.1) is 13.2 Å². The van der Waals surface area contributed by atoms with Crippen molar-refractivity contribution >= 4 is 5.91 Å². The number of unbranched alkanes of at least 4 members (excludes halogenated alkanes) is 2. The molecule has 1 amide bonds. The predicted molar refractivity (Wildman–Crippen MR) is 98.4 cm³/mol. The topological polar surface area (TPSA) is 64.5 Å². The van der Waals surface area contributed by atoms with Crippen LogP contribution in [0, 0.1) is 0 Å². The van der Waals surface area contributed by atoms with Crippen molar-refractivity contribution in [3.8, 4) is 11.6 Å². The zero-order chi connectivity index (χ0) is 18.2. The first-order chi connectivity index (χ1) is 12.8. The molecule has 1 aromatic heterocycles. The Labute approximate surface area is 154 Å². The van der Waals surface area contributed by atoms with Crippen LogP contribution < -0.4 is 9.47 Å². The molecule has 26 heavy (non-hydrogen) atoms. The quantitative estimate of drug-likeness (QED) is 0.680. The summed E-state index contributed by atoms with van der Waals surface area (Å²) >= 11 is 0. The van der Waals surface area contributed by atoms with Gasteiger partial charge in [-0.3, -0.25) is 4.79 Å². The Balaban J connectivity index is 1.50. The van der Waals surface area contributed by atoms with Crippen LogP contribution in [0.25, 0.3) is 0 Å². The Morgan fingerprint density at radius 2 is 2.08 bits per heavy atom. The lowest BCUT2D eigenvalue weighted by molar-refractivity contribution is 0.0771. The first-order valence-electron chi connectivity index (χ1n) is 9.22. The van der Waals surface area contributed by atoms with Gasteiger partial charge in [-0.05, 0) is 36.8 Å². The highest BCUT2D eigenvalue weighted by Crippen LogP contribution is 2.19. The second-order valence-corrected chi connectivity index (χ2v) is 6.42. The summed E-state index contributed by atoms with van der Waals surface area (Å²) in [6.07, 6.45) is 5.75. The molecule has 2 aromatic rings. The van der Waals surface area contributed by atoms with E-state index in [0.717, 1.165) is 18.6 Å². The van der Waals surface area contributed by atoms with Crippen LogP contribution in [0.5, 0.6) is 11.6 Å². The molecule has 0 N–H and O–H groups in total. The molecule has 2 heterocycles. The summed E-state index contributed by atoms with van der Waals surface area (Å²) < 4.78 is 11.5. The third kappa shape index (κ3) is 4.94. The molecule has 6 nitrogen and oxygen atoms in total. The molecule has 1 saturated heterocycles. The smallest absolute Gasteiger partial charge is 0.253 e. The number of likely N-dealkylation sites (tertiary alicyclic amines) is 1. The number of ether oxygens (including phenoxy) is 2. The Morgan fingerprint density at radius 3 is 2.81 bits per heavy atom. The number of nitrogens with zero attached hydrogens (tertiary/aromatic N) is 3. The normalized spacial score (nSPS) is 16.5. The molecule has 138 valence electrons. The molecule has 1 aliphatic rings. The average molecular weight is 355 g/mol. The van der Waals surface area contributed by atoms with Gasteiger partial charge in [-0.15, -0.1) is 5.10 Å². The number of hydrogen-bond donors (Lipinski definition) is 0. The van der Waals surface area contributed by atoms with Gasteiger partial charge >= 0.3 is 0 Å². The van der Waals surface area contributed by atoms with Gasteiger partial charge in [-0.1, -0.05) is 19.8 Å². The fourth-order valence-electron chi connectivity index (χ4n) is 2.95. The van der Waals surface area contributed by atoms with Crippen LogP contribution in [0.4, 0.5) is 0 Å². The van der Waals surface area contributed by atoms with Gasteiger partial charge < -0.3 is 14.4 Å². The van der Waals surface area contributed by atoms with E-state index in [9.17, 15) is 4.79 Å². The van der Waals surface area contributed by atoms with Gasteiger partial charge in [-0.25, -0.2) is 0 Å². The molecule has 0 radical (unpaired) electrons. The molecule has 0 spiro atoms. The van der Waals surface area contributed by atoms with E-state index in [0.29, 0.717) is 31.1 Å². The highest BCUT2D eigenvalue weighted by molar-refractivity contribution is 5.94. The fourth-order valence-corrected chi connectivity index (χ4v) is 2.95. The lowest BCUT2D eigenvalue weighted by atomic mass is 10.2. The van der Waals surface area contributed by atoms with Gasteiger partial charge in [0, 0.05) is 30.8 Å². The maximum Gasteiger partial charge on any atom is 0.253 e. The van der Waals surface area contributed by atoms with E-state index in [1.165, 1.54) is 12.8 Å². The van der Waals surface area contributed by atoms with Crippen LogP contribution in [-0.4, -0.2) is 46.8 Å². The standard InChI is InChI=1S/C20H25N3O3/c1-2-3-4-14-25-17-9-7-16(8-10-17)20(24)23-13-11-18(15-23)26-19-6-5-12-21-22-19/h5-10,12,18H,2-4,11,13-15H2,1H3. The summed E-state index contributed by atoms with van der Waals surface area (Å²) in [5.41, 5.74) is 0.672. The van der Waals surface area contributed by atoms with Crippen molar-refractivity contribution in [1.82, 2.24) is 15.1 Å². The van der Waals surface area contributed by atoms with E-state index < -0.39 is 0 Å². The largest absolute Gasteiger partial charge is 0.494 e. The van der Waals surface area contributed by atoms with E-state index in [2.05, 4.69) is 17.1 Å². The van der Waals surface area contributed by atoms with Crippen LogP contribution in [0.2, 0.25) is 0 Å². The lowest BCUT2D eigenvalue weighted by Crippen LogP contribution is -2.31. The zero-order valence-electron chi connectivity index (χ0n) is 15.1. The number of benzene rings is 1. The van der Waals surface area contributed by atoms with Crippen molar-refractivity contribution in [2.24, 2.45) is 0 Å². The number of carbonyl (C=O) groups excluding carboxylic acids is 1. The van der Waals surface area contributed by atoms with E-state index in [1.807, 2.05) is 29.2 Å². The first-order valence-corrected chi connectivity index (χ1v) is 9.22. The Kier molecular flexibility index (Phi) is 6.41. The summed E-state index contributed by atoms with van der Waals surface area (Å²) in [4.78, 5) is 14.5. The summed E-state index contributed by atoms with van der Waals surface area (Å²) in [5, 5.41) is 7.73. The van der Waals surface area contributed by atoms with Crippen LogP contribution in [0.15, 0.2) is 42.6 Å². The highest BCUT2D eigenvalue weighted by Gasteiger charge is 2.28. The average Bonchev–Trinajstić information content (AvgIpc) is 3.14. The number of aromatic nitrogens is 2. The summed E-state index contributed by atoms with van der Waals surface area (Å²) in [7, 11) is 0. The molecule has 3 rings (SSSR count). The van der Waals surface area contributed by atoms with Crippen molar-refractivity contribution < 1.29 is 14.3 Å². The van der Waals surface area contributed by atoms with Crippen LogP contribution in [-0.2, 0) is 0 Å². The third-order valence-corrected chi connectivity index (χ3v) is 4.39. The summed E-state index contributed by atoms with van der Waals surface area (Å²) in [6.45, 7) is 4.12. The minimum absolute atomic E-state index is 0.0211. The molecule has 1 unspecified atom stereocenters. The molecular weight excluding hydrogens is 330 g/mol. The maximum atomic E-state index is 12.7. The first kappa shape index (κ1) is 18.2. The second-order valence-electron chi connectivity index (χ2n) is 6.42. The van der Waals surface area contributed by atoms with E-state index in [-0.39, 0.29) is 12.0 Å². The van der Waals surface area contributed by atoms with Crippen LogP contribution >= 0.6 is 0 Å². The molecule has 1 fully saturated rings. The van der Waals surface area contributed by atoms with Crippen molar-refractivity contribution in [2.45, 2.75) is 38.7 Å². The Bertz CT molecular complexity index is 691. The molecule has 0 bridgehead atoms. The number of hydrogen-bond acceptors (Lipinski definition) is 5. The van der Waals surface area contributed by atoms with E-state index in [4.69, 9.17) is 9.47 Å². The van der Waals surface area contributed by atoms with Crippen LogP contribution in [0.3, 0.4) is 0 Å². The van der Waals surface area contributed by atoms with Gasteiger partial charge in [0.2, 0.25) is 5.88 Å². The second kappa shape index (κ2) is 9.17. The SMILES string of the molecule is CCCCCOc1ccc(C(=O)N2CCC(Oc3cccnn3)C2)cc1. The van der Waals surface area contributed by atoms with Crippen molar-refractivity contribution in [1.29, 1.82) is 0 Å². The van der Waals surface area contributed by atoms with Gasteiger partial charge in [0.15, 0.2) is 0 Å². The van der Waals surface area contributed by atoms with Gasteiger partial charge in [0.25, 0.3) is 5.91 Å². The molecule has 1 atom stereocenters. The number of rotatable bonds is 8. The fraction of sp³-hybridized carbons (Fsp3) is 0.450. The molecule has 6 heteroatoms. The highest BCUT2D eigenvalue weighted by atomic mass is 16.5. The van der Waals surface area contributed by atoms with E-state index in [1.54, 1.807) is 18.3 Å². The molecule has 0 aliphatic carbocycles. The van der Waals surface area contributed by atoms with Gasteiger partial charge in [0.1, 0.15) is 11.9 Å². The summed E-state index contributed by atoms with van der Waals surface area (Å²) in [5.74, 6) is 1.33. The molecule has 1 aliphatic heterocycles. The van der Waals surface area contributed by atoms with Gasteiger partial charge in [-0.2, -0.15) is 5.10 Å². The minimum atomic E-state index is -0.0446. The molecular formula is C20H25N3O3. The Morgan fingerprint density at radius 1 is 1.23 bits per heavy atom. The third-order valence-electron chi connectivity index (χ3n) is 4.39.